The molecule has 3 heterocycles. The van der Waals surface area contributed by atoms with E-state index in [-0.39, 0.29) is 17.9 Å². The highest BCUT2D eigenvalue weighted by Gasteiger charge is 2.31. The van der Waals surface area contributed by atoms with E-state index in [9.17, 15) is 4.79 Å². The van der Waals surface area contributed by atoms with Crippen molar-refractivity contribution in [1.82, 2.24) is 24.4 Å². The van der Waals surface area contributed by atoms with Gasteiger partial charge in [0.05, 0.1) is 31.2 Å². The van der Waals surface area contributed by atoms with Crippen molar-refractivity contribution in [3.63, 3.8) is 0 Å². The topological polar surface area (TPSA) is 73.1 Å². The average molecular weight is 420 g/mol. The quantitative estimate of drug-likeness (QED) is 0.577. The second-order valence-corrected chi connectivity index (χ2v) is 8.21. The summed E-state index contributed by atoms with van der Waals surface area (Å²) >= 11 is 0. The molecule has 0 aliphatic carbocycles. The molecular formula is C24H29N5O2. The van der Waals surface area contributed by atoms with E-state index in [2.05, 4.69) is 23.8 Å². The zero-order chi connectivity index (χ0) is 21.8. The lowest BCUT2D eigenvalue weighted by Gasteiger charge is -2.24. The Kier molecular flexibility index (Phi) is 6.30. The fraction of sp³-hybridized carbons (Fsp3) is 0.417. The van der Waals surface area contributed by atoms with E-state index in [1.807, 2.05) is 39.9 Å². The van der Waals surface area contributed by atoms with Crippen molar-refractivity contribution in [2.24, 2.45) is 0 Å². The Morgan fingerprint density at radius 2 is 2.03 bits per heavy atom. The van der Waals surface area contributed by atoms with Gasteiger partial charge in [-0.2, -0.15) is 0 Å². The Morgan fingerprint density at radius 3 is 2.77 bits per heavy atom. The molecule has 0 unspecified atom stereocenters. The van der Waals surface area contributed by atoms with Gasteiger partial charge in [-0.05, 0) is 37.0 Å². The first-order valence-corrected chi connectivity index (χ1v) is 10.8. The maximum absolute atomic E-state index is 13.0. The fourth-order valence-electron chi connectivity index (χ4n) is 4.14. The van der Waals surface area contributed by atoms with Crippen LogP contribution < -0.4 is 4.74 Å². The van der Waals surface area contributed by atoms with Crippen LogP contribution in [0.2, 0.25) is 0 Å². The number of amides is 1. The highest BCUT2D eigenvalue weighted by atomic mass is 16.5. The Hall–Kier alpha value is -3.22. The number of likely N-dealkylation sites (tertiary alicyclic amines) is 1. The molecule has 4 rings (SSSR count). The van der Waals surface area contributed by atoms with E-state index in [1.54, 1.807) is 25.7 Å². The zero-order valence-electron chi connectivity index (χ0n) is 18.4. The number of nitrogens with zero attached hydrogens (tertiary/aromatic N) is 5. The minimum absolute atomic E-state index is 0.0261. The van der Waals surface area contributed by atoms with Crippen molar-refractivity contribution in [3.05, 3.63) is 66.1 Å². The molecule has 1 aliphatic heterocycles. The molecule has 3 aromatic rings. The van der Waals surface area contributed by atoms with Crippen LogP contribution in [0.15, 0.2) is 49.1 Å². The van der Waals surface area contributed by atoms with Crippen molar-refractivity contribution < 1.29 is 9.53 Å². The monoisotopic (exact) mass is 419 g/mol. The third-order valence-corrected chi connectivity index (χ3v) is 5.77. The van der Waals surface area contributed by atoms with Crippen molar-refractivity contribution in [3.8, 4) is 11.6 Å². The summed E-state index contributed by atoms with van der Waals surface area (Å²) in [5.41, 5.74) is 1.98. The summed E-state index contributed by atoms with van der Waals surface area (Å²) in [4.78, 5) is 28.7. The van der Waals surface area contributed by atoms with Crippen molar-refractivity contribution in [2.45, 2.75) is 51.5 Å². The predicted octanol–water partition coefficient (Wildman–Crippen LogP) is 4.09. The lowest BCUT2D eigenvalue weighted by atomic mass is 10.1. The number of aromatic nitrogens is 4. The fourth-order valence-corrected chi connectivity index (χ4v) is 4.14. The molecule has 1 aromatic carbocycles. The Morgan fingerprint density at radius 1 is 1.23 bits per heavy atom. The first-order valence-electron chi connectivity index (χ1n) is 10.8. The molecule has 7 nitrogen and oxygen atoms in total. The van der Waals surface area contributed by atoms with Gasteiger partial charge in [0.15, 0.2) is 5.82 Å². The third-order valence-electron chi connectivity index (χ3n) is 5.77. The zero-order valence-corrected chi connectivity index (χ0v) is 18.4. The van der Waals surface area contributed by atoms with Gasteiger partial charge >= 0.3 is 0 Å². The van der Waals surface area contributed by atoms with Gasteiger partial charge in [-0.1, -0.05) is 26.0 Å². The second-order valence-electron chi connectivity index (χ2n) is 8.21. The average Bonchev–Trinajstić information content (AvgIpc) is 3.48. The van der Waals surface area contributed by atoms with Gasteiger partial charge in [0.25, 0.3) is 0 Å². The molecule has 0 N–H and O–H groups in total. The summed E-state index contributed by atoms with van der Waals surface area (Å²) in [6.45, 7) is 4.98. The Bertz CT molecular complexity index is 1030. The van der Waals surface area contributed by atoms with Gasteiger partial charge in [0.2, 0.25) is 5.91 Å². The maximum Gasteiger partial charge on any atom is 0.223 e. The van der Waals surface area contributed by atoms with Crippen LogP contribution in [-0.2, 0) is 11.2 Å². The van der Waals surface area contributed by atoms with E-state index in [0.29, 0.717) is 12.8 Å². The third kappa shape index (κ3) is 4.60. The lowest BCUT2D eigenvalue weighted by Crippen LogP contribution is -2.31. The molecule has 0 saturated carbocycles. The SMILES string of the molecule is COc1ccc(CCC(=O)N2CCC[C@H]2c2cncc(-n3ccnc3C(C)C)n2)cc1. The van der Waals surface area contributed by atoms with Gasteiger partial charge in [-0.15, -0.1) is 0 Å². The van der Waals surface area contributed by atoms with Crippen LogP contribution >= 0.6 is 0 Å². The molecule has 31 heavy (non-hydrogen) atoms. The number of carbonyl (C=O) groups is 1. The van der Waals surface area contributed by atoms with Gasteiger partial charge < -0.3 is 9.64 Å². The number of aryl methyl sites for hydroxylation is 1. The van der Waals surface area contributed by atoms with Crippen molar-refractivity contribution >= 4 is 5.91 Å². The number of hydrogen-bond donors (Lipinski definition) is 0. The van der Waals surface area contributed by atoms with Crippen molar-refractivity contribution in [2.75, 3.05) is 13.7 Å². The maximum atomic E-state index is 13.0. The largest absolute Gasteiger partial charge is 0.497 e. The van der Waals surface area contributed by atoms with Crippen LogP contribution in [0.1, 0.15) is 62.2 Å². The van der Waals surface area contributed by atoms with Crippen molar-refractivity contribution in [1.29, 1.82) is 0 Å². The smallest absolute Gasteiger partial charge is 0.223 e. The number of methoxy groups -OCH3 is 1. The lowest BCUT2D eigenvalue weighted by molar-refractivity contribution is -0.132. The molecule has 0 radical (unpaired) electrons. The van der Waals surface area contributed by atoms with Crippen LogP contribution in [-0.4, -0.2) is 44.0 Å². The second kappa shape index (κ2) is 9.29. The number of benzene rings is 1. The van der Waals surface area contributed by atoms with Gasteiger partial charge in [-0.25, -0.2) is 9.97 Å². The van der Waals surface area contributed by atoms with Crippen LogP contribution in [0, 0.1) is 0 Å². The van der Waals surface area contributed by atoms with E-state index < -0.39 is 0 Å². The molecule has 1 aliphatic rings. The summed E-state index contributed by atoms with van der Waals surface area (Å²) < 4.78 is 7.18. The first-order chi connectivity index (χ1) is 15.1. The summed E-state index contributed by atoms with van der Waals surface area (Å²) in [7, 11) is 1.65. The minimum atomic E-state index is -0.0261. The number of rotatable bonds is 7. The minimum Gasteiger partial charge on any atom is -0.497 e. The highest BCUT2D eigenvalue weighted by Crippen LogP contribution is 2.32. The predicted molar refractivity (Wildman–Crippen MR) is 118 cm³/mol. The van der Waals surface area contributed by atoms with Crippen LogP contribution in [0.4, 0.5) is 0 Å². The van der Waals surface area contributed by atoms with Crippen LogP contribution in [0.5, 0.6) is 5.75 Å². The molecule has 1 saturated heterocycles. The molecule has 1 fully saturated rings. The van der Waals surface area contributed by atoms with Gasteiger partial charge in [0.1, 0.15) is 11.6 Å². The van der Waals surface area contributed by atoms with E-state index in [0.717, 1.165) is 48.0 Å². The normalized spacial score (nSPS) is 16.1. The summed E-state index contributed by atoms with van der Waals surface area (Å²) in [6, 6.07) is 7.86. The number of ether oxygens (including phenoxy) is 1. The molecular weight excluding hydrogens is 390 g/mol. The number of imidazole rings is 1. The first kappa shape index (κ1) is 21.0. The summed E-state index contributed by atoms with van der Waals surface area (Å²) in [5.74, 6) is 2.96. The Balaban J connectivity index is 1.47. The van der Waals surface area contributed by atoms with E-state index in [1.165, 1.54) is 0 Å². The summed E-state index contributed by atoms with van der Waals surface area (Å²) in [6.07, 6.45) is 10.3. The van der Waals surface area contributed by atoms with Gasteiger partial charge in [-0.3, -0.25) is 14.3 Å². The van der Waals surface area contributed by atoms with Gasteiger partial charge in [0, 0.05) is 31.3 Å². The summed E-state index contributed by atoms with van der Waals surface area (Å²) in [5, 5.41) is 0. The molecule has 7 heteroatoms. The van der Waals surface area contributed by atoms with Crippen LogP contribution in [0.3, 0.4) is 0 Å². The standard InChI is InChI=1S/C24H29N5O2/c1-17(2)24-26-12-14-29(24)22-16-25-15-20(27-22)21-5-4-13-28(21)23(30)11-8-18-6-9-19(31-3)10-7-18/h6-7,9-10,12,14-17,21H,4-5,8,11,13H2,1-3H3/t21-/m0/s1. The number of carbonyl (C=O) groups excluding carboxylic acids is 1. The molecule has 0 spiro atoms. The molecule has 1 amide bonds. The molecule has 162 valence electrons. The van der Waals surface area contributed by atoms with E-state index in [4.69, 9.17) is 9.72 Å². The van der Waals surface area contributed by atoms with E-state index >= 15 is 0 Å². The molecule has 0 bridgehead atoms. The number of hydrogen-bond acceptors (Lipinski definition) is 5. The van der Waals surface area contributed by atoms with Crippen LogP contribution in [0.25, 0.3) is 5.82 Å². The highest BCUT2D eigenvalue weighted by molar-refractivity contribution is 5.77. The molecule has 1 atom stereocenters. The molecule has 2 aromatic heterocycles. The Labute approximate surface area is 183 Å².